The number of hydrogen-bond donors (Lipinski definition) is 2. The molecule has 0 unspecified atom stereocenters. The highest BCUT2D eigenvalue weighted by Gasteiger charge is 2.23. The molecule has 0 atom stereocenters. The van der Waals surface area contributed by atoms with Gasteiger partial charge in [0.25, 0.3) is 0 Å². The van der Waals surface area contributed by atoms with Crippen molar-refractivity contribution in [2.75, 3.05) is 11.6 Å². The first-order chi connectivity index (χ1) is 18.7. The summed E-state index contributed by atoms with van der Waals surface area (Å²) < 4.78 is 30.5. The topological polar surface area (TPSA) is 117 Å². The summed E-state index contributed by atoms with van der Waals surface area (Å²) >= 11 is 1.54. The fourth-order valence-electron chi connectivity index (χ4n) is 4.98. The molecule has 10 heteroatoms. The molecule has 202 valence electrons. The van der Waals surface area contributed by atoms with Crippen molar-refractivity contribution >= 4 is 37.3 Å². The fraction of sp³-hybridized carbons (Fsp3) is 0.345. The van der Waals surface area contributed by atoms with Gasteiger partial charge in [0.2, 0.25) is 11.8 Å². The molecule has 4 aromatic rings. The molecule has 1 saturated carbocycles. The minimum atomic E-state index is -3.18. The van der Waals surface area contributed by atoms with Crippen LogP contribution in [0.3, 0.4) is 0 Å². The Morgan fingerprint density at radius 2 is 1.69 bits per heavy atom. The van der Waals surface area contributed by atoms with Gasteiger partial charge in [-0.05, 0) is 91.9 Å². The Morgan fingerprint density at radius 3 is 2.33 bits per heavy atom. The summed E-state index contributed by atoms with van der Waals surface area (Å²) in [6, 6.07) is 15.6. The van der Waals surface area contributed by atoms with Gasteiger partial charge in [0.05, 0.1) is 22.0 Å². The number of aromatic nitrogens is 2. The smallest absolute Gasteiger partial charge is 0.242 e. The van der Waals surface area contributed by atoms with Crippen LogP contribution in [0.5, 0.6) is 11.6 Å². The fourth-order valence-corrected chi connectivity index (χ4v) is 6.37. The van der Waals surface area contributed by atoms with Crippen molar-refractivity contribution in [2.24, 2.45) is 0 Å². The maximum Gasteiger partial charge on any atom is 0.242 e. The third-order valence-corrected chi connectivity index (χ3v) is 9.09. The van der Waals surface area contributed by atoms with E-state index in [2.05, 4.69) is 16.7 Å². The average Bonchev–Trinajstić information content (AvgIpc) is 3.39. The third kappa shape index (κ3) is 6.38. The monoisotopic (exact) mass is 561 g/mol. The van der Waals surface area contributed by atoms with Gasteiger partial charge in [0.15, 0.2) is 9.84 Å². The van der Waals surface area contributed by atoms with E-state index >= 15 is 0 Å². The zero-order chi connectivity index (χ0) is 27.6. The second-order valence-corrected chi connectivity index (χ2v) is 13.1. The zero-order valence-corrected chi connectivity index (χ0v) is 23.8. The molecule has 8 nitrogen and oxygen atoms in total. The lowest BCUT2D eigenvalue weighted by Gasteiger charge is -2.30. The van der Waals surface area contributed by atoms with Crippen molar-refractivity contribution in [3.05, 3.63) is 70.1 Å². The average molecular weight is 562 g/mol. The second kappa shape index (κ2) is 11.3. The molecule has 0 saturated heterocycles. The molecule has 1 aliphatic rings. The maximum absolute atomic E-state index is 11.7. The quantitative estimate of drug-likeness (QED) is 0.274. The van der Waals surface area contributed by atoms with Crippen LogP contribution < -0.4 is 15.4 Å². The molecule has 2 aromatic carbocycles. The third-order valence-electron chi connectivity index (χ3n) is 7.07. The van der Waals surface area contributed by atoms with Gasteiger partial charge >= 0.3 is 0 Å². The van der Waals surface area contributed by atoms with Gasteiger partial charge in [-0.1, -0.05) is 12.1 Å². The number of benzene rings is 2. The highest BCUT2D eigenvalue weighted by Crippen LogP contribution is 2.36. The minimum Gasteiger partial charge on any atom is -0.437 e. The van der Waals surface area contributed by atoms with E-state index in [1.165, 1.54) is 6.26 Å². The SMILES string of the molecule is Cc1cc(C#N)cc(C)c1Oc1nc(NC2CCC(NCc3ccc(S(C)(=O)=O)cc3)CC2)nc2ccsc12. The Hall–Kier alpha value is -3.52. The lowest BCUT2D eigenvalue weighted by atomic mass is 9.91. The lowest BCUT2D eigenvalue weighted by molar-refractivity contribution is 0.352. The Bertz CT molecular complexity index is 1610. The first-order valence-corrected chi connectivity index (χ1v) is 15.7. The number of ether oxygens (including phenoxy) is 1. The van der Waals surface area contributed by atoms with E-state index in [9.17, 15) is 13.7 Å². The van der Waals surface area contributed by atoms with Crippen LogP contribution in [-0.4, -0.2) is 36.7 Å². The van der Waals surface area contributed by atoms with Gasteiger partial charge in [-0.25, -0.2) is 13.4 Å². The number of rotatable bonds is 8. The Morgan fingerprint density at radius 1 is 1.03 bits per heavy atom. The van der Waals surface area contributed by atoms with E-state index in [1.54, 1.807) is 23.5 Å². The Kier molecular flexibility index (Phi) is 7.84. The summed E-state index contributed by atoms with van der Waals surface area (Å²) in [5.74, 6) is 1.79. The molecule has 0 radical (unpaired) electrons. The molecule has 0 aliphatic heterocycles. The lowest BCUT2D eigenvalue weighted by Crippen LogP contribution is -2.36. The largest absolute Gasteiger partial charge is 0.437 e. The number of hydrogen-bond acceptors (Lipinski definition) is 9. The summed E-state index contributed by atoms with van der Waals surface area (Å²) in [7, 11) is -3.18. The van der Waals surface area contributed by atoms with E-state index in [0.717, 1.165) is 52.6 Å². The van der Waals surface area contributed by atoms with E-state index in [1.807, 2.05) is 49.6 Å². The summed E-state index contributed by atoms with van der Waals surface area (Å²) in [6.07, 6.45) is 5.24. The number of nitrogens with one attached hydrogen (secondary N) is 2. The van der Waals surface area contributed by atoms with Gasteiger partial charge in [-0.3, -0.25) is 0 Å². The molecule has 0 spiro atoms. The maximum atomic E-state index is 11.7. The van der Waals surface area contributed by atoms with Crippen LogP contribution in [0.2, 0.25) is 0 Å². The minimum absolute atomic E-state index is 0.263. The van der Waals surface area contributed by atoms with Crippen LogP contribution in [-0.2, 0) is 16.4 Å². The van der Waals surface area contributed by atoms with Crippen molar-refractivity contribution in [2.45, 2.75) is 63.1 Å². The number of sulfone groups is 1. The van der Waals surface area contributed by atoms with Crippen molar-refractivity contribution in [1.29, 1.82) is 5.26 Å². The molecule has 2 N–H and O–H groups in total. The first-order valence-electron chi connectivity index (χ1n) is 12.9. The van der Waals surface area contributed by atoms with Gasteiger partial charge in [-0.15, -0.1) is 11.3 Å². The van der Waals surface area contributed by atoms with Crippen molar-refractivity contribution in [3.63, 3.8) is 0 Å². The van der Waals surface area contributed by atoms with Crippen molar-refractivity contribution in [1.82, 2.24) is 15.3 Å². The van der Waals surface area contributed by atoms with Gasteiger partial charge in [0, 0.05) is 24.9 Å². The van der Waals surface area contributed by atoms with Gasteiger partial charge < -0.3 is 15.4 Å². The highest BCUT2D eigenvalue weighted by atomic mass is 32.2. The van der Waals surface area contributed by atoms with Crippen LogP contribution in [0.15, 0.2) is 52.7 Å². The number of thiophene rings is 1. The molecule has 5 rings (SSSR count). The molecular weight excluding hydrogens is 530 g/mol. The molecular formula is C29H31N5O3S2. The number of fused-ring (bicyclic) bond motifs is 1. The number of nitrogens with zero attached hydrogens (tertiary/aromatic N) is 3. The van der Waals surface area contributed by atoms with Crippen LogP contribution in [0, 0.1) is 25.2 Å². The van der Waals surface area contributed by atoms with Crippen LogP contribution in [0.1, 0.15) is 47.9 Å². The van der Waals surface area contributed by atoms with Crippen LogP contribution >= 0.6 is 11.3 Å². The Labute approximate surface area is 233 Å². The summed E-state index contributed by atoms with van der Waals surface area (Å²) in [5.41, 5.74) is 4.30. The number of aryl methyl sites for hydroxylation is 2. The van der Waals surface area contributed by atoms with Crippen LogP contribution in [0.4, 0.5) is 5.95 Å². The standard InChI is InChI=1S/C29H31N5O3S2/c1-18-14-21(16-30)15-19(2)26(18)37-28-27-25(12-13-38-27)33-29(34-28)32-23-8-6-22(7-9-23)31-17-20-4-10-24(11-5-20)39(3,35)36/h4-5,10-15,22-23,31H,6-9,17H2,1-3H3,(H,32,33,34). The second-order valence-electron chi connectivity index (χ2n) is 10.1. The first kappa shape index (κ1) is 27.1. The number of anilines is 1. The van der Waals surface area contributed by atoms with E-state index in [0.29, 0.717) is 40.6 Å². The summed E-state index contributed by atoms with van der Waals surface area (Å²) in [6.45, 7) is 4.58. The van der Waals surface area contributed by atoms with Crippen molar-refractivity contribution < 1.29 is 13.2 Å². The normalized spacial score (nSPS) is 17.6. The van der Waals surface area contributed by atoms with Crippen LogP contribution in [0.25, 0.3) is 10.2 Å². The molecule has 0 bridgehead atoms. The zero-order valence-electron chi connectivity index (χ0n) is 22.2. The molecule has 2 aromatic heterocycles. The highest BCUT2D eigenvalue weighted by molar-refractivity contribution is 7.90. The summed E-state index contributed by atoms with van der Waals surface area (Å²) in [4.78, 5) is 9.82. The molecule has 1 fully saturated rings. The predicted octanol–water partition coefficient (Wildman–Crippen LogP) is 5.89. The predicted molar refractivity (Wildman–Crippen MR) is 154 cm³/mol. The van der Waals surface area contributed by atoms with E-state index in [4.69, 9.17) is 14.7 Å². The van der Waals surface area contributed by atoms with E-state index < -0.39 is 9.84 Å². The molecule has 39 heavy (non-hydrogen) atoms. The molecule has 1 aliphatic carbocycles. The van der Waals surface area contributed by atoms with Gasteiger partial charge in [-0.2, -0.15) is 10.2 Å². The van der Waals surface area contributed by atoms with E-state index in [-0.39, 0.29) is 6.04 Å². The summed E-state index contributed by atoms with van der Waals surface area (Å²) in [5, 5.41) is 18.4. The van der Waals surface area contributed by atoms with Crippen molar-refractivity contribution in [3.8, 4) is 17.7 Å². The van der Waals surface area contributed by atoms with Gasteiger partial charge in [0.1, 0.15) is 10.4 Å². The molecule has 2 heterocycles. The Balaban J connectivity index is 1.21. The molecule has 0 amide bonds. The number of nitriles is 1.